The second-order valence-corrected chi connectivity index (χ2v) is 5.51. The Labute approximate surface area is 88.1 Å². The van der Waals surface area contributed by atoms with Crippen LogP contribution in [0.15, 0.2) is 0 Å². The monoisotopic (exact) mass is 196 g/mol. The van der Waals surface area contributed by atoms with Crippen molar-refractivity contribution in [1.29, 1.82) is 0 Å². The molecule has 1 aliphatic carbocycles. The number of nitrogens with zero attached hydrogens (tertiary/aromatic N) is 1. The van der Waals surface area contributed by atoms with E-state index in [2.05, 4.69) is 24.3 Å². The maximum Gasteiger partial charge on any atom is 0.00215 e. The van der Waals surface area contributed by atoms with Crippen LogP contribution in [0.5, 0.6) is 0 Å². The van der Waals surface area contributed by atoms with E-state index in [1.807, 2.05) is 0 Å². The van der Waals surface area contributed by atoms with Crippen molar-refractivity contribution in [3.05, 3.63) is 0 Å². The fourth-order valence-electron chi connectivity index (χ4n) is 3.40. The third kappa shape index (κ3) is 1.96. The van der Waals surface area contributed by atoms with Gasteiger partial charge in [0.25, 0.3) is 0 Å². The average Bonchev–Trinajstić information content (AvgIpc) is 2.50. The van der Waals surface area contributed by atoms with E-state index < -0.39 is 0 Å². The normalized spacial score (nSPS) is 31.5. The highest BCUT2D eigenvalue weighted by molar-refractivity contribution is 4.97. The predicted octanol–water partition coefficient (Wildman–Crippen LogP) is 1.72. The average molecular weight is 196 g/mol. The second-order valence-electron chi connectivity index (χ2n) is 5.51. The molecule has 0 aromatic carbocycles. The van der Waals surface area contributed by atoms with E-state index in [0.29, 0.717) is 5.41 Å². The van der Waals surface area contributed by atoms with Gasteiger partial charge in [0.15, 0.2) is 0 Å². The minimum atomic E-state index is 0.669. The lowest BCUT2D eigenvalue weighted by atomic mass is 9.67. The lowest BCUT2D eigenvalue weighted by molar-refractivity contribution is 0.124. The summed E-state index contributed by atoms with van der Waals surface area (Å²) < 4.78 is 0. The molecule has 1 unspecified atom stereocenters. The van der Waals surface area contributed by atoms with Crippen LogP contribution in [-0.4, -0.2) is 38.6 Å². The van der Waals surface area contributed by atoms with E-state index in [0.717, 1.165) is 5.92 Å². The lowest BCUT2D eigenvalue weighted by Gasteiger charge is -2.39. The summed E-state index contributed by atoms with van der Waals surface area (Å²) in [6.45, 7) is 3.80. The zero-order valence-electron chi connectivity index (χ0n) is 9.68. The summed E-state index contributed by atoms with van der Waals surface area (Å²) >= 11 is 0. The SMILES string of the molecule is CN(C)CC1CNCC12CCCCC2. The van der Waals surface area contributed by atoms with Gasteiger partial charge >= 0.3 is 0 Å². The van der Waals surface area contributed by atoms with Crippen molar-refractivity contribution < 1.29 is 0 Å². The third-order valence-electron chi connectivity index (χ3n) is 4.17. The van der Waals surface area contributed by atoms with Gasteiger partial charge in [0.2, 0.25) is 0 Å². The summed E-state index contributed by atoms with van der Waals surface area (Å²) in [6, 6.07) is 0. The fourth-order valence-corrected chi connectivity index (χ4v) is 3.40. The van der Waals surface area contributed by atoms with Gasteiger partial charge in [0, 0.05) is 13.1 Å². The molecule has 1 heterocycles. The van der Waals surface area contributed by atoms with Crippen molar-refractivity contribution in [2.24, 2.45) is 11.3 Å². The summed E-state index contributed by atoms with van der Waals surface area (Å²) in [5, 5.41) is 3.61. The highest BCUT2D eigenvalue weighted by Gasteiger charge is 2.42. The molecule has 2 rings (SSSR count). The molecule has 1 N–H and O–H groups in total. The molecule has 82 valence electrons. The van der Waals surface area contributed by atoms with E-state index in [9.17, 15) is 0 Å². The van der Waals surface area contributed by atoms with Crippen molar-refractivity contribution in [2.75, 3.05) is 33.7 Å². The highest BCUT2D eigenvalue weighted by Crippen LogP contribution is 2.44. The number of hydrogen-bond donors (Lipinski definition) is 1. The van der Waals surface area contributed by atoms with Crippen LogP contribution in [-0.2, 0) is 0 Å². The maximum absolute atomic E-state index is 3.61. The molecule has 0 aromatic heterocycles. The van der Waals surface area contributed by atoms with E-state index in [4.69, 9.17) is 0 Å². The third-order valence-corrected chi connectivity index (χ3v) is 4.17. The first-order valence-electron chi connectivity index (χ1n) is 6.08. The Bertz CT molecular complexity index is 183. The van der Waals surface area contributed by atoms with Crippen molar-refractivity contribution in [2.45, 2.75) is 32.1 Å². The zero-order chi connectivity index (χ0) is 10.0. The summed E-state index contributed by atoms with van der Waals surface area (Å²) in [5.74, 6) is 0.901. The molecule has 0 aromatic rings. The van der Waals surface area contributed by atoms with Crippen LogP contribution in [0.1, 0.15) is 32.1 Å². The van der Waals surface area contributed by atoms with Crippen LogP contribution in [0.2, 0.25) is 0 Å². The Morgan fingerprint density at radius 1 is 1.21 bits per heavy atom. The van der Waals surface area contributed by atoms with Crippen LogP contribution in [0, 0.1) is 11.3 Å². The first-order chi connectivity index (χ1) is 6.73. The Morgan fingerprint density at radius 3 is 2.57 bits per heavy atom. The summed E-state index contributed by atoms with van der Waals surface area (Å²) in [4.78, 5) is 2.36. The van der Waals surface area contributed by atoms with E-state index in [1.165, 1.54) is 51.7 Å². The number of nitrogens with one attached hydrogen (secondary N) is 1. The molecule has 1 spiro atoms. The van der Waals surface area contributed by atoms with Gasteiger partial charge in [0.05, 0.1) is 0 Å². The standard InChI is InChI=1S/C12H24N2/c1-14(2)9-11-8-13-10-12(11)6-4-3-5-7-12/h11,13H,3-10H2,1-2H3. The quantitative estimate of drug-likeness (QED) is 0.723. The van der Waals surface area contributed by atoms with Crippen molar-refractivity contribution in [3.63, 3.8) is 0 Å². The van der Waals surface area contributed by atoms with E-state index in [1.54, 1.807) is 0 Å². The van der Waals surface area contributed by atoms with Gasteiger partial charge in [-0.3, -0.25) is 0 Å². The van der Waals surface area contributed by atoms with Crippen molar-refractivity contribution >= 4 is 0 Å². The topological polar surface area (TPSA) is 15.3 Å². The van der Waals surface area contributed by atoms with Gasteiger partial charge in [-0.05, 0) is 44.8 Å². The molecule has 0 bridgehead atoms. The maximum atomic E-state index is 3.61. The smallest absolute Gasteiger partial charge is 0.00215 e. The molecule has 1 saturated heterocycles. The predicted molar refractivity (Wildman–Crippen MR) is 60.4 cm³/mol. The first-order valence-corrected chi connectivity index (χ1v) is 6.08. The highest BCUT2D eigenvalue weighted by atomic mass is 15.1. The van der Waals surface area contributed by atoms with E-state index >= 15 is 0 Å². The van der Waals surface area contributed by atoms with Gasteiger partial charge in [-0.15, -0.1) is 0 Å². The molecule has 1 saturated carbocycles. The molecule has 2 heteroatoms. The summed E-state index contributed by atoms with van der Waals surface area (Å²) in [5.41, 5.74) is 0.669. The molecule has 1 aliphatic heterocycles. The molecule has 0 radical (unpaired) electrons. The molecular weight excluding hydrogens is 172 g/mol. The largest absolute Gasteiger partial charge is 0.316 e. The van der Waals surface area contributed by atoms with Crippen LogP contribution in [0.4, 0.5) is 0 Å². The fraction of sp³-hybridized carbons (Fsp3) is 1.00. The van der Waals surface area contributed by atoms with Gasteiger partial charge in [0.1, 0.15) is 0 Å². The lowest BCUT2D eigenvalue weighted by Crippen LogP contribution is -2.37. The van der Waals surface area contributed by atoms with Gasteiger partial charge in [-0.1, -0.05) is 19.3 Å². The molecule has 1 atom stereocenters. The summed E-state index contributed by atoms with van der Waals surface area (Å²) in [7, 11) is 4.41. The first kappa shape index (κ1) is 10.4. The van der Waals surface area contributed by atoms with E-state index in [-0.39, 0.29) is 0 Å². The van der Waals surface area contributed by atoms with Crippen molar-refractivity contribution in [3.8, 4) is 0 Å². The number of rotatable bonds is 2. The second kappa shape index (κ2) is 4.19. The molecule has 2 nitrogen and oxygen atoms in total. The minimum absolute atomic E-state index is 0.669. The van der Waals surface area contributed by atoms with Crippen LogP contribution in [0.25, 0.3) is 0 Å². The van der Waals surface area contributed by atoms with Crippen LogP contribution in [0.3, 0.4) is 0 Å². The minimum Gasteiger partial charge on any atom is -0.316 e. The van der Waals surface area contributed by atoms with Crippen LogP contribution >= 0.6 is 0 Å². The Morgan fingerprint density at radius 2 is 1.93 bits per heavy atom. The van der Waals surface area contributed by atoms with Gasteiger partial charge in [-0.2, -0.15) is 0 Å². The zero-order valence-corrected chi connectivity index (χ0v) is 9.68. The van der Waals surface area contributed by atoms with Gasteiger partial charge < -0.3 is 10.2 Å². The Hall–Kier alpha value is -0.0800. The van der Waals surface area contributed by atoms with Crippen LogP contribution < -0.4 is 5.32 Å². The Balaban J connectivity index is 2.00. The number of hydrogen-bond acceptors (Lipinski definition) is 2. The molecule has 2 aliphatic rings. The summed E-state index contributed by atoms with van der Waals surface area (Å²) in [6.07, 6.45) is 7.34. The molecule has 0 amide bonds. The molecular formula is C12H24N2. The molecule has 14 heavy (non-hydrogen) atoms. The molecule has 2 fully saturated rings. The Kier molecular flexibility index (Phi) is 3.13. The van der Waals surface area contributed by atoms with Crippen molar-refractivity contribution in [1.82, 2.24) is 10.2 Å². The van der Waals surface area contributed by atoms with Gasteiger partial charge in [-0.25, -0.2) is 0 Å².